The molecular weight excluding hydrogens is 244 g/mol. The molecule has 2 rings (SSSR count). The fourth-order valence-corrected chi connectivity index (χ4v) is 2.27. The predicted octanol–water partition coefficient (Wildman–Crippen LogP) is 3.74. The molecule has 1 N–H and O–H groups in total. The lowest BCUT2D eigenvalue weighted by Gasteiger charge is -2.40. The van der Waals surface area contributed by atoms with Crippen LogP contribution in [0, 0.1) is 10.1 Å². The van der Waals surface area contributed by atoms with Crippen LogP contribution in [0.25, 0.3) is 0 Å². The summed E-state index contributed by atoms with van der Waals surface area (Å²) in [5.41, 5.74) is 1.01. The molecule has 0 aliphatic heterocycles. The lowest BCUT2D eigenvalue weighted by molar-refractivity contribution is -0.386. The molecule has 5 nitrogen and oxygen atoms in total. The van der Waals surface area contributed by atoms with Gasteiger partial charge in [-0.1, -0.05) is 0 Å². The Morgan fingerprint density at radius 3 is 2.58 bits per heavy atom. The van der Waals surface area contributed by atoms with Crippen LogP contribution in [0.5, 0.6) is 5.75 Å². The predicted molar refractivity (Wildman–Crippen MR) is 74.7 cm³/mol. The zero-order valence-electron chi connectivity index (χ0n) is 11.6. The van der Waals surface area contributed by atoms with Crippen LogP contribution in [-0.4, -0.2) is 16.6 Å². The molecule has 0 spiro atoms. The first-order valence-electron chi connectivity index (χ1n) is 6.63. The number of ether oxygens (including phenoxy) is 1. The molecule has 104 valence electrons. The molecule has 0 saturated heterocycles. The van der Waals surface area contributed by atoms with Crippen LogP contribution < -0.4 is 10.1 Å². The van der Waals surface area contributed by atoms with Gasteiger partial charge in [-0.25, -0.2) is 0 Å². The van der Waals surface area contributed by atoms with Gasteiger partial charge >= 0.3 is 5.69 Å². The number of rotatable bonds is 5. The van der Waals surface area contributed by atoms with E-state index >= 15 is 0 Å². The highest BCUT2D eigenvalue weighted by molar-refractivity contribution is 5.59. The molecule has 1 aromatic carbocycles. The number of nitrogens with zero attached hydrogens (tertiary/aromatic N) is 1. The largest absolute Gasteiger partial charge is 0.484 e. The first-order valence-corrected chi connectivity index (χ1v) is 6.63. The summed E-state index contributed by atoms with van der Waals surface area (Å²) in [6.45, 7) is 5.88. The monoisotopic (exact) mass is 264 g/mol. The Labute approximate surface area is 113 Å². The molecule has 0 bridgehead atoms. The third-order valence-electron chi connectivity index (χ3n) is 3.42. The van der Waals surface area contributed by atoms with E-state index in [1.54, 1.807) is 12.1 Å². The van der Waals surface area contributed by atoms with Gasteiger partial charge in [0.15, 0.2) is 5.75 Å². The molecule has 19 heavy (non-hydrogen) atoms. The van der Waals surface area contributed by atoms with Crippen molar-refractivity contribution >= 4 is 11.4 Å². The minimum atomic E-state index is -0.410. The summed E-state index contributed by atoms with van der Waals surface area (Å²) in [6, 6.07) is 4.97. The maximum atomic E-state index is 11.0. The van der Waals surface area contributed by atoms with Crippen LogP contribution in [-0.2, 0) is 0 Å². The molecule has 5 heteroatoms. The minimum Gasteiger partial charge on any atom is -0.484 e. The zero-order valence-corrected chi connectivity index (χ0v) is 11.6. The van der Waals surface area contributed by atoms with Gasteiger partial charge in [0, 0.05) is 23.4 Å². The van der Waals surface area contributed by atoms with Gasteiger partial charge < -0.3 is 10.1 Å². The lowest BCUT2D eigenvalue weighted by atomic mass is 9.78. The van der Waals surface area contributed by atoms with Crippen molar-refractivity contribution in [3.63, 3.8) is 0 Å². The molecule has 0 atom stereocenters. The molecule has 0 radical (unpaired) electrons. The number of nitro benzene ring substituents is 1. The highest BCUT2D eigenvalue weighted by atomic mass is 16.6. The summed E-state index contributed by atoms with van der Waals surface area (Å²) < 4.78 is 5.53. The number of hydrogen-bond acceptors (Lipinski definition) is 4. The van der Waals surface area contributed by atoms with Gasteiger partial charge in [0.1, 0.15) is 0 Å². The number of hydrogen-bond donors (Lipinski definition) is 1. The van der Waals surface area contributed by atoms with Crippen molar-refractivity contribution in [2.24, 2.45) is 0 Å². The Kier molecular flexibility index (Phi) is 3.64. The van der Waals surface area contributed by atoms with E-state index in [9.17, 15) is 10.1 Å². The van der Waals surface area contributed by atoms with Gasteiger partial charge in [-0.05, 0) is 46.1 Å². The van der Waals surface area contributed by atoms with Crippen molar-refractivity contribution in [1.82, 2.24) is 0 Å². The number of nitrogens with one attached hydrogen (secondary N) is 1. The molecule has 1 aromatic rings. The highest BCUT2D eigenvalue weighted by Gasteiger charge is 2.31. The molecule has 1 aliphatic rings. The fourth-order valence-electron chi connectivity index (χ4n) is 2.27. The number of anilines is 1. The first-order chi connectivity index (χ1) is 8.89. The lowest BCUT2D eigenvalue weighted by Crippen LogP contribution is -2.41. The van der Waals surface area contributed by atoms with Gasteiger partial charge in [0.25, 0.3) is 0 Å². The summed E-state index contributed by atoms with van der Waals surface area (Å²) in [4.78, 5) is 10.6. The van der Waals surface area contributed by atoms with Crippen molar-refractivity contribution in [3.05, 3.63) is 28.3 Å². The Morgan fingerprint density at radius 1 is 1.42 bits per heavy atom. The van der Waals surface area contributed by atoms with Gasteiger partial charge in [-0.15, -0.1) is 0 Å². The van der Waals surface area contributed by atoms with Crippen molar-refractivity contribution in [2.45, 2.75) is 51.7 Å². The number of nitro groups is 1. The average molecular weight is 264 g/mol. The zero-order chi connectivity index (χ0) is 14.0. The summed E-state index contributed by atoms with van der Waals surface area (Å²) in [5.74, 6) is 0.327. The van der Waals surface area contributed by atoms with Crippen LogP contribution >= 0.6 is 0 Å². The Morgan fingerprint density at radius 2 is 2.11 bits per heavy atom. The van der Waals surface area contributed by atoms with Crippen molar-refractivity contribution in [1.29, 1.82) is 0 Å². The Hall–Kier alpha value is -1.78. The van der Waals surface area contributed by atoms with Crippen LogP contribution in [0.3, 0.4) is 0 Å². The number of benzene rings is 1. The fraction of sp³-hybridized carbons (Fsp3) is 0.571. The maximum absolute atomic E-state index is 11.0. The van der Waals surface area contributed by atoms with Gasteiger partial charge in [0.05, 0.1) is 11.0 Å². The summed E-state index contributed by atoms with van der Waals surface area (Å²) in [6.07, 6.45) is 3.40. The van der Waals surface area contributed by atoms with Crippen molar-refractivity contribution in [3.8, 4) is 5.75 Å². The standard InChI is InChI=1S/C14H20N2O3/c1-10(2)19-13-9-11(5-6-12(13)16(17)18)15-14(3)7-4-8-14/h5-6,9-10,15H,4,7-8H2,1-3H3. The second-order valence-corrected chi connectivity index (χ2v) is 5.65. The van der Waals surface area contributed by atoms with E-state index in [-0.39, 0.29) is 17.3 Å². The second-order valence-electron chi connectivity index (χ2n) is 5.65. The first kappa shape index (κ1) is 13.6. The van der Waals surface area contributed by atoms with Gasteiger partial charge in [-0.3, -0.25) is 10.1 Å². The van der Waals surface area contributed by atoms with Crippen LogP contribution in [0.1, 0.15) is 40.0 Å². The SMILES string of the molecule is CC(C)Oc1cc(NC2(C)CCC2)ccc1[N+](=O)[O-]. The normalized spacial score (nSPS) is 16.8. The molecule has 1 saturated carbocycles. The van der Waals surface area contributed by atoms with E-state index in [1.165, 1.54) is 12.5 Å². The Bertz CT molecular complexity index is 482. The Balaban J connectivity index is 2.24. The topological polar surface area (TPSA) is 64.4 Å². The third-order valence-corrected chi connectivity index (χ3v) is 3.42. The van der Waals surface area contributed by atoms with Crippen LogP contribution in [0.4, 0.5) is 11.4 Å². The molecule has 1 fully saturated rings. The van der Waals surface area contributed by atoms with E-state index in [0.29, 0.717) is 5.75 Å². The smallest absolute Gasteiger partial charge is 0.311 e. The quantitative estimate of drug-likeness (QED) is 0.650. The third kappa shape index (κ3) is 3.16. The van der Waals surface area contributed by atoms with Crippen molar-refractivity contribution < 1.29 is 9.66 Å². The molecule has 0 heterocycles. The summed E-state index contributed by atoms with van der Waals surface area (Å²) >= 11 is 0. The van der Waals surface area contributed by atoms with E-state index in [4.69, 9.17) is 4.74 Å². The molecule has 0 aromatic heterocycles. The molecule has 0 amide bonds. The summed E-state index contributed by atoms with van der Waals surface area (Å²) in [7, 11) is 0. The van der Waals surface area contributed by atoms with E-state index in [0.717, 1.165) is 18.5 Å². The molecule has 0 unspecified atom stereocenters. The van der Waals surface area contributed by atoms with Crippen molar-refractivity contribution in [2.75, 3.05) is 5.32 Å². The maximum Gasteiger partial charge on any atom is 0.311 e. The van der Waals surface area contributed by atoms with Gasteiger partial charge in [0.2, 0.25) is 0 Å². The average Bonchev–Trinajstić information content (AvgIpc) is 2.26. The van der Waals surface area contributed by atoms with Gasteiger partial charge in [-0.2, -0.15) is 0 Å². The van der Waals surface area contributed by atoms with Crippen LogP contribution in [0.2, 0.25) is 0 Å². The van der Waals surface area contributed by atoms with E-state index in [2.05, 4.69) is 12.2 Å². The highest BCUT2D eigenvalue weighted by Crippen LogP contribution is 2.37. The second kappa shape index (κ2) is 5.07. The van der Waals surface area contributed by atoms with E-state index < -0.39 is 4.92 Å². The van der Waals surface area contributed by atoms with E-state index in [1.807, 2.05) is 13.8 Å². The van der Waals surface area contributed by atoms with Crippen LogP contribution in [0.15, 0.2) is 18.2 Å². The molecular formula is C14H20N2O3. The minimum absolute atomic E-state index is 0.0120. The molecule has 1 aliphatic carbocycles. The summed E-state index contributed by atoms with van der Waals surface area (Å²) in [5, 5.41) is 14.4.